The van der Waals surface area contributed by atoms with Crippen LogP contribution in [0.1, 0.15) is 13.8 Å². The number of hydrogen-bond acceptors (Lipinski definition) is 4. The van der Waals surface area contributed by atoms with Gasteiger partial charge in [-0.3, -0.25) is 4.79 Å². The van der Waals surface area contributed by atoms with Gasteiger partial charge in [0.2, 0.25) is 10.0 Å². The Bertz CT molecular complexity index is 895. The Balaban J connectivity index is 2.01. The van der Waals surface area contributed by atoms with Gasteiger partial charge in [-0.2, -0.15) is 4.31 Å². The number of nitrogens with one attached hydrogen (secondary N) is 1. The lowest BCUT2D eigenvalue weighted by Gasteiger charge is -2.21. The molecule has 2 aromatic rings. The van der Waals surface area contributed by atoms with E-state index in [0.29, 0.717) is 15.7 Å². The zero-order valence-electron chi connectivity index (χ0n) is 15.1. The van der Waals surface area contributed by atoms with Gasteiger partial charge in [-0.15, -0.1) is 0 Å². The van der Waals surface area contributed by atoms with E-state index in [9.17, 15) is 13.2 Å². The fourth-order valence-corrected chi connectivity index (χ4v) is 3.98. The molecule has 6 nitrogen and oxygen atoms in total. The SMILES string of the molecule is CC(C)N(C)S(=O)(=O)c1ccc(NC(=O)COc2c(Cl)cccc2Cl)cc1. The molecular formula is C18H20Cl2N2O4S. The van der Waals surface area contributed by atoms with Gasteiger partial charge >= 0.3 is 0 Å². The van der Waals surface area contributed by atoms with Crippen LogP contribution in [0.3, 0.4) is 0 Å². The number of hydrogen-bond donors (Lipinski definition) is 1. The van der Waals surface area contributed by atoms with Crippen molar-refractivity contribution >= 4 is 44.8 Å². The highest BCUT2D eigenvalue weighted by Crippen LogP contribution is 2.32. The van der Waals surface area contributed by atoms with Crippen LogP contribution in [0, 0.1) is 0 Å². The number of anilines is 1. The first-order chi connectivity index (χ1) is 12.6. The number of rotatable bonds is 7. The summed E-state index contributed by atoms with van der Waals surface area (Å²) < 4.78 is 31.5. The maximum absolute atomic E-state index is 12.4. The molecule has 27 heavy (non-hydrogen) atoms. The fourth-order valence-electron chi connectivity index (χ4n) is 2.11. The van der Waals surface area contributed by atoms with Gasteiger partial charge in [0.1, 0.15) is 0 Å². The number of nitrogens with zero attached hydrogens (tertiary/aromatic N) is 1. The van der Waals surface area contributed by atoms with Gasteiger partial charge in [0.15, 0.2) is 12.4 Å². The van der Waals surface area contributed by atoms with Crippen molar-refractivity contribution in [1.29, 1.82) is 0 Å². The molecule has 0 spiro atoms. The third kappa shape index (κ3) is 5.35. The zero-order chi connectivity index (χ0) is 20.2. The molecule has 9 heteroatoms. The molecule has 2 aromatic carbocycles. The van der Waals surface area contributed by atoms with Crippen LogP contribution in [0.15, 0.2) is 47.4 Å². The molecular weight excluding hydrogens is 411 g/mol. The molecule has 0 heterocycles. The molecule has 0 fully saturated rings. The average Bonchev–Trinajstić information content (AvgIpc) is 2.61. The first-order valence-corrected chi connectivity index (χ1v) is 10.3. The molecule has 0 aliphatic rings. The van der Waals surface area contributed by atoms with E-state index in [1.165, 1.54) is 35.6 Å². The summed E-state index contributed by atoms with van der Waals surface area (Å²) in [6.07, 6.45) is 0. The molecule has 146 valence electrons. The van der Waals surface area contributed by atoms with Gasteiger partial charge < -0.3 is 10.1 Å². The first-order valence-electron chi connectivity index (χ1n) is 8.07. The standard InChI is InChI=1S/C18H20Cl2N2O4S/c1-12(2)22(3)27(24,25)14-9-7-13(8-10-14)21-17(23)11-26-18-15(19)5-4-6-16(18)20/h4-10,12H,11H2,1-3H3,(H,21,23). The van der Waals surface area contributed by atoms with Gasteiger partial charge in [-0.1, -0.05) is 29.3 Å². The van der Waals surface area contributed by atoms with E-state index in [1.54, 1.807) is 32.0 Å². The van der Waals surface area contributed by atoms with Gasteiger partial charge in [0.05, 0.1) is 14.9 Å². The lowest BCUT2D eigenvalue weighted by Crippen LogP contribution is -2.33. The summed E-state index contributed by atoms with van der Waals surface area (Å²) in [6, 6.07) is 10.6. The van der Waals surface area contributed by atoms with Gasteiger partial charge in [0, 0.05) is 18.8 Å². The Morgan fingerprint density at radius 3 is 2.19 bits per heavy atom. The maximum atomic E-state index is 12.4. The third-order valence-corrected chi connectivity index (χ3v) is 6.45. The monoisotopic (exact) mass is 430 g/mol. The second-order valence-electron chi connectivity index (χ2n) is 6.03. The van der Waals surface area contributed by atoms with Crippen molar-refractivity contribution in [1.82, 2.24) is 4.31 Å². The molecule has 1 N–H and O–H groups in total. The van der Waals surface area contributed by atoms with Crippen molar-refractivity contribution in [2.45, 2.75) is 24.8 Å². The lowest BCUT2D eigenvalue weighted by atomic mass is 10.3. The van der Waals surface area contributed by atoms with Crippen LogP contribution < -0.4 is 10.1 Å². The predicted molar refractivity (Wildman–Crippen MR) is 107 cm³/mol. The smallest absolute Gasteiger partial charge is 0.262 e. The number of para-hydroxylation sites is 1. The summed E-state index contributed by atoms with van der Waals surface area (Å²) in [5.41, 5.74) is 0.444. The van der Waals surface area contributed by atoms with Crippen LogP contribution in [-0.4, -0.2) is 38.3 Å². The lowest BCUT2D eigenvalue weighted by molar-refractivity contribution is -0.118. The summed E-state index contributed by atoms with van der Waals surface area (Å²) in [5, 5.41) is 3.23. The largest absolute Gasteiger partial charge is 0.481 e. The number of ether oxygens (including phenoxy) is 1. The van der Waals surface area contributed by atoms with E-state index in [4.69, 9.17) is 27.9 Å². The topological polar surface area (TPSA) is 75.7 Å². The van der Waals surface area contributed by atoms with Gasteiger partial charge in [0.25, 0.3) is 5.91 Å². The van der Waals surface area contributed by atoms with E-state index in [2.05, 4.69) is 5.32 Å². The second kappa shape index (κ2) is 8.93. The van der Waals surface area contributed by atoms with Crippen molar-refractivity contribution in [3.8, 4) is 5.75 Å². The highest BCUT2D eigenvalue weighted by Gasteiger charge is 2.22. The molecule has 0 saturated carbocycles. The molecule has 2 rings (SSSR count). The van der Waals surface area contributed by atoms with Crippen LogP contribution in [0.25, 0.3) is 0 Å². The molecule has 0 aliphatic carbocycles. The van der Waals surface area contributed by atoms with E-state index >= 15 is 0 Å². The Morgan fingerprint density at radius 2 is 1.67 bits per heavy atom. The normalized spacial score (nSPS) is 11.7. The van der Waals surface area contributed by atoms with Crippen molar-refractivity contribution in [2.24, 2.45) is 0 Å². The van der Waals surface area contributed by atoms with E-state index in [0.717, 1.165) is 0 Å². The second-order valence-corrected chi connectivity index (χ2v) is 8.84. The van der Waals surface area contributed by atoms with Crippen LogP contribution >= 0.6 is 23.2 Å². The Morgan fingerprint density at radius 1 is 1.11 bits per heavy atom. The molecule has 0 aromatic heterocycles. The summed E-state index contributed by atoms with van der Waals surface area (Å²) in [4.78, 5) is 12.2. The van der Waals surface area contributed by atoms with Crippen LogP contribution in [0.2, 0.25) is 10.0 Å². The highest BCUT2D eigenvalue weighted by molar-refractivity contribution is 7.89. The quantitative estimate of drug-likeness (QED) is 0.718. The Labute approximate surface area is 169 Å². The molecule has 0 bridgehead atoms. The molecule has 0 saturated heterocycles. The van der Waals surface area contributed by atoms with Crippen molar-refractivity contribution in [2.75, 3.05) is 19.0 Å². The van der Waals surface area contributed by atoms with Gasteiger partial charge in [-0.25, -0.2) is 8.42 Å². The van der Waals surface area contributed by atoms with Crippen molar-refractivity contribution in [3.63, 3.8) is 0 Å². The summed E-state index contributed by atoms with van der Waals surface area (Å²) >= 11 is 12.0. The Kier molecular flexibility index (Phi) is 7.11. The summed E-state index contributed by atoms with van der Waals surface area (Å²) in [5.74, 6) is -0.199. The average molecular weight is 431 g/mol. The van der Waals surface area contributed by atoms with Crippen molar-refractivity contribution < 1.29 is 17.9 Å². The first kappa shape index (κ1) is 21.5. The summed E-state index contributed by atoms with van der Waals surface area (Å²) in [7, 11) is -2.05. The number of carbonyl (C=O) groups excluding carboxylic acids is 1. The molecule has 1 amide bonds. The van der Waals surface area contributed by atoms with Crippen LogP contribution in [0.4, 0.5) is 5.69 Å². The molecule has 0 radical (unpaired) electrons. The van der Waals surface area contributed by atoms with Crippen LogP contribution in [0.5, 0.6) is 5.75 Å². The number of sulfonamides is 1. The molecule has 0 aliphatic heterocycles. The van der Waals surface area contributed by atoms with E-state index < -0.39 is 15.9 Å². The number of amides is 1. The zero-order valence-corrected chi connectivity index (χ0v) is 17.4. The maximum Gasteiger partial charge on any atom is 0.262 e. The summed E-state index contributed by atoms with van der Waals surface area (Å²) in [6.45, 7) is 3.29. The minimum atomic E-state index is -3.57. The number of carbonyl (C=O) groups is 1. The van der Waals surface area contributed by atoms with Crippen LogP contribution in [-0.2, 0) is 14.8 Å². The molecule has 0 atom stereocenters. The number of halogens is 2. The minimum Gasteiger partial charge on any atom is -0.481 e. The minimum absolute atomic E-state index is 0.149. The van der Waals surface area contributed by atoms with E-state index in [-0.39, 0.29) is 23.3 Å². The molecule has 0 unspecified atom stereocenters. The number of benzene rings is 2. The highest BCUT2D eigenvalue weighted by atomic mass is 35.5. The van der Waals surface area contributed by atoms with E-state index in [1.807, 2.05) is 0 Å². The third-order valence-electron chi connectivity index (χ3n) is 3.81. The van der Waals surface area contributed by atoms with Crippen molar-refractivity contribution in [3.05, 3.63) is 52.5 Å². The fraction of sp³-hybridized carbons (Fsp3) is 0.278. The Hall–Kier alpha value is -1.80. The predicted octanol–water partition coefficient (Wildman–Crippen LogP) is 4.04. The van der Waals surface area contributed by atoms with Gasteiger partial charge in [-0.05, 0) is 50.2 Å².